The summed E-state index contributed by atoms with van der Waals surface area (Å²) in [7, 11) is 0. The van der Waals surface area contributed by atoms with Gasteiger partial charge < -0.3 is 36.6 Å². The van der Waals surface area contributed by atoms with Gasteiger partial charge in [-0.05, 0) is 0 Å². The summed E-state index contributed by atoms with van der Waals surface area (Å²) in [6.45, 7) is 5.54. The quantitative estimate of drug-likeness (QED) is 0.290. The molecule has 7 heteroatoms. The molecule has 0 bridgehead atoms. The third-order valence-corrected chi connectivity index (χ3v) is 3.22. The average molecular weight is 276 g/mol. The molecule has 3 unspecified atom stereocenters. The van der Waals surface area contributed by atoms with Crippen molar-refractivity contribution in [1.82, 2.24) is 21.3 Å². The van der Waals surface area contributed by atoms with Crippen molar-refractivity contribution in [1.29, 1.82) is 0 Å². The van der Waals surface area contributed by atoms with Gasteiger partial charge in [0.25, 0.3) is 0 Å². The minimum Gasteiger partial charge on any atom is -0.394 e. The lowest BCUT2D eigenvalue weighted by Gasteiger charge is -2.26. The first-order valence-electron chi connectivity index (χ1n) is 7.06. The number of aliphatic hydroxyl groups is 3. The summed E-state index contributed by atoms with van der Waals surface area (Å²) in [5.74, 6) is 0. The maximum absolute atomic E-state index is 10.1. The van der Waals surface area contributed by atoms with Gasteiger partial charge in [-0.15, -0.1) is 0 Å². The van der Waals surface area contributed by atoms with Crippen LogP contribution in [0.5, 0.6) is 0 Å². The van der Waals surface area contributed by atoms with Crippen molar-refractivity contribution >= 4 is 0 Å². The number of aliphatic hydroxyl groups excluding tert-OH is 3. The zero-order valence-electron chi connectivity index (χ0n) is 11.4. The van der Waals surface area contributed by atoms with Crippen molar-refractivity contribution in [2.75, 3.05) is 52.4 Å². The molecule has 0 aromatic rings. The molecule has 1 fully saturated rings. The van der Waals surface area contributed by atoms with Crippen LogP contribution in [-0.4, -0.2) is 86.0 Å². The lowest BCUT2D eigenvalue weighted by atomic mass is 10.0. The van der Waals surface area contributed by atoms with Gasteiger partial charge in [-0.25, -0.2) is 0 Å². The maximum Gasteiger partial charge on any atom is 0.0796 e. The normalized spacial score (nSPS) is 27.0. The summed E-state index contributed by atoms with van der Waals surface area (Å²) < 4.78 is 0. The van der Waals surface area contributed by atoms with E-state index in [0.29, 0.717) is 6.54 Å². The van der Waals surface area contributed by atoms with E-state index in [1.54, 1.807) is 0 Å². The molecule has 0 spiro atoms. The van der Waals surface area contributed by atoms with Crippen LogP contribution in [0.1, 0.15) is 6.42 Å². The van der Waals surface area contributed by atoms with E-state index < -0.39 is 12.2 Å². The summed E-state index contributed by atoms with van der Waals surface area (Å²) in [5.41, 5.74) is 0. The van der Waals surface area contributed by atoms with Gasteiger partial charge in [-0.1, -0.05) is 0 Å². The smallest absolute Gasteiger partial charge is 0.0796 e. The van der Waals surface area contributed by atoms with Gasteiger partial charge in [0.2, 0.25) is 0 Å². The highest BCUT2D eigenvalue weighted by Crippen LogP contribution is 2.03. The van der Waals surface area contributed by atoms with Crippen LogP contribution >= 0.6 is 0 Å². The van der Waals surface area contributed by atoms with E-state index in [4.69, 9.17) is 5.11 Å². The van der Waals surface area contributed by atoms with E-state index in [1.165, 1.54) is 0 Å². The van der Waals surface area contributed by atoms with Gasteiger partial charge in [0.05, 0.1) is 18.8 Å². The number of nitrogens with one attached hydrogen (secondary N) is 4. The molecule has 0 saturated carbocycles. The van der Waals surface area contributed by atoms with Crippen LogP contribution in [0.2, 0.25) is 0 Å². The first kappa shape index (κ1) is 16.8. The molecule has 1 saturated heterocycles. The molecular formula is C12H28N4O3. The molecule has 1 rings (SSSR count). The molecule has 3 atom stereocenters. The highest BCUT2D eigenvalue weighted by Gasteiger charge is 2.21. The van der Waals surface area contributed by atoms with E-state index >= 15 is 0 Å². The molecule has 114 valence electrons. The van der Waals surface area contributed by atoms with Gasteiger partial charge in [0.1, 0.15) is 0 Å². The predicted molar refractivity (Wildman–Crippen MR) is 74.1 cm³/mol. The first-order valence-corrected chi connectivity index (χ1v) is 7.06. The lowest BCUT2D eigenvalue weighted by molar-refractivity contribution is 0.0270. The van der Waals surface area contributed by atoms with Crippen LogP contribution in [-0.2, 0) is 0 Å². The van der Waals surface area contributed by atoms with Crippen LogP contribution in [0.4, 0.5) is 0 Å². The Bertz CT molecular complexity index is 209. The van der Waals surface area contributed by atoms with E-state index in [2.05, 4.69) is 21.3 Å². The Morgan fingerprint density at radius 3 is 2.11 bits per heavy atom. The Kier molecular flexibility index (Phi) is 9.27. The Morgan fingerprint density at radius 1 is 0.895 bits per heavy atom. The zero-order valence-corrected chi connectivity index (χ0v) is 11.4. The summed E-state index contributed by atoms with van der Waals surface area (Å²) in [4.78, 5) is 0. The van der Waals surface area contributed by atoms with E-state index in [0.717, 1.165) is 39.3 Å². The van der Waals surface area contributed by atoms with Gasteiger partial charge >= 0.3 is 0 Å². The molecule has 0 amide bonds. The van der Waals surface area contributed by atoms with Crippen molar-refractivity contribution in [2.45, 2.75) is 24.7 Å². The summed E-state index contributed by atoms with van der Waals surface area (Å²) in [6.07, 6.45) is -1.36. The van der Waals surface area contributed by atoms with Gasteiger partial charge in [0, 0.05) is 58.3 Å². The Hall–Kier alpha value is -0.280. The standard InChI is InChI=1S/C12H28N4O3/c17-9-10(18)7-12(19)11-8-15-4-3-13-1-2-14-5-6-16-11/h10-19H,1-9H2. The van der Waals surface area contributed by atoms with Gasteiger partial charge in [0.15, 0.2) is 0 Å². The van der Waals surface area contributed by atoms with Gasteiger partial charge in [-0.3, -0.25) is 0 Å². The Morgan fingerprint density at radius 2 is 1.47 bits per heavy atom. The van der Waals surface area contributed by atoms with Crippen LogP contribution in [0.25, 0.3) is 0 Å². The van der Waals surface area contributed by atoms with E-state index in [1.807, 2.05) is 0 Å². The first-order chi connectivity index (χ1) is 9.24. The second-order valence-corrected chi connectivity index (χ2v) is 4.90. The fourth-order valence-corrected chi connectivity index (χ4v) is 2.07. The summed E-state index contributed by atoms with van der Waals surface area (Å²) in [6, 6.07) is -0.123. The second kappa shape index (κ2) is 10.5. The molecule has 7 N–H and O–H groups in total. The fraction of sp³-hybridized carbons (Fsp3) is 1.00. The summed E-state index contributed by atoms with van der Waals surface area (Å²) in [5, 5.41) is 41.4. The van der Waals surface area contributed by atoms with E-state index in [9.17, 15) is 10.2 Å². The highest BCUT2D eigenvalue weighted by molar-refractivity contribution is 4.81. The molecule has 1 heterocycles. The minimum atomic E-state index is -0.863. The Labute approximate surface area is 114 Å². The molecule has 0 aromatic carbocycles. The molecule has 7 nitrogen and oxygen atoms in total. The SMILES string of the molecule is OCC(O)CC(O)C1CNCCNCCNCCN1. The zero-order chi connectivity index (χ0) is 13.9. The van der Waals surface area contributed by atoms with Crippen molar-refractivity contribution in [3.05, 3.63) is 0 Å². The maximum atomic E-state index is 10.1. The van der Waals surface area contributed by atoms with Crippen LogP contribution in [0, 0.1) is 0 Å². The fourth-order valence-electron chi connectivity index (χ4n) is 2.07. The molecule has 1 aliphatic heterocycles. The van der Waals surface area contributed by atoms with Crippen LogP contribution in [0.3, 0.4) is 0 Å². The Balaban J connectivity index is 2.36. The van der Waals surface area contributed by atoms with Gasteiger partial charge in [-0.2, -0.15) is 0 Å². The highest BCUT2D eigenvalue weighted by atomic mass is 16.3. The third-order valence-electron chi connectivity index (χ3n) is 3.22. The minimum absolute atomic E-state index is 0.123. The molecule has 0 aliphatic carbocycles. The van der Waals surface area contributed by atoms with Crippen molar-refractivity contribution < 1.29 is 15.3 Å². The van der Waals surface area contributed by atoms with Crippen molar-refractivity contribution in [3.63, 3.8) is 0 Å². The van der Waals surface area contributed by atoms with Crippen molar-refractivity contribution in [3.8, 4) is 0 Å². The van der Waals surface area contributed by atoms with E-state index in [-0.39, 0.29) is 19.1 Å². The molecule has 1 aliphatic rings. The predicted octanol–water partition coefficient (Wildman–Crippen LogP) is -3.17. The van der Waals surface area contributed by atoms with Crippen LogP contribution < -0.4 is 21.3 Å². The molecule has 0 radical (unpaired) electrons. The molecular weight excluding hydrogens is 248 g/mol. The number of rotatable bonds is 4. The largest absolute Gasteiger partial charge is 0.394 e. The van der Waals surface area contributed by atoms with Crippen molar-refractivity contribution in [2.24, 2.45) is 0 Å². The molecule has 0 aromatic heterocycles. The second-order valence-electron chi connectivity index (χ2n) is 4.90. The number of hydrogen-bond donors (Lipinski definition) is 7. The topological polar surface area (TPSA) is 109 Å². The van der Waals surface area contributed by atoms with Crippen LogP contribution in [0.15, 0.2) is 0 Å². The number of hydrogen-bond acceptors (Lipinski definition) is 7. The molecule has 19 heavy (non-hydrogen) atoms. The third kappa shape index (κ3) is 7.78. The summed E-state index contributed by atoms with van der Waals surface area (Å²) >= 11 is 0. The average Bonchev–Trinajstić information content (AvgIpc) is 2.39. The lowest BCUT2D eigenvalue weighted by Crippen LogP contribution is -2.51. The monoisotopic (exact) mass is 276 g/mol.